The SMILES string of the molecule is CC[C@H](C)[C@@H](C(=O)NCc1nccs1)c1ccccc1. The van der Waals surface area contributed by atoms with E-state index in [4.69, 9.17) is 0 Å². The van der Waals surface area contributed by atoms with Gasteiger partial charge in [0.25, 0.3) is 0 Å². The molecule has 1 amide bonds. The first-order chi connectivity index (χ1) is 9.72. The lowest BCUT2D eigenvalue weighted by molar-refractivity contribution is -0.123. The Balaban J connectivity index is 2.08. The quantitative estimate of drug-likeness (QED) is 0.882. The molecule has 0 radical (unpaired) electrons. The Hall–Kier alpha value is -1.68. The Morgan fingerprint density at radius 3 is 2.70 bits per heavy atom. The number of aromatic nitrogens is 1. The van der Waals surface area contributed by atoms with Gasteiger partial charge < -0.3 is 5.32 Å². The van der Waals surface area contributed by atoms with Gasteiger partial charge in [-0.05, 0) is 11.5 Å². The minimum atomic E-state index is -0.0961. The summed E-state index contributed by atoms with van der Waals surface area (Å²) in [5.74, 6) is 0.301. The van der Waals surface area contributed by atoms with Crippen molar-refractivity contribution in [1.82, 2.24) is 10.3 Å². The van der Waals surface area contributed by atoms with E-state index in [9.17, 15) is 4.79 Å². The maximum atomic E-state index is 12.5. The van der Waals surface area contributed by atoms with Crippen LogP contribution in [0.25, 0.3) is 0 Å². The molecule has 0 fully saturated rings. The van der Waals surface area contributed by atoms with Crippen LogP contribution in [-0.4, -0.2) is 10.9 Å². The van der Waals surface area contributed by atoms with Gasteiger partial charge in [0, 0.05) is 11.6 Å². The summed E-state index contributed by atoms with van der Waals surface area (Å²) in [5.41, 5.74) is 1.08. The van der Waals surface area contributed by atoms with Gasteiger partial charge in [0.05, 0.1) is 12.5 Å². The molecular formula is C16H20N2OS. The molecule has 2 rings (SSSR count). The second kappa shape index (κ2) is 7.20. The molecule has 0 saturated heterocycles. The predicted octanol–water partition coefficient (Wildman–Crippen LogP) is 3.59. The monoisotopic (exact) mass is 288 g/mol. The third kappa shape index (κ3) is 3.67. The zero-order valence-corrected chi connectivity index (χ0v) is 12.7. The highest BCUT2D eigenvalue weighted by Gasteiger charge is 2.25. The molecule has 106 valence electrons. The molecule has 3 nitrogen and oxygen atoms in total. The number of nitrogens with one attached hydrogen (secondary N) is 1. The maximum absolute atomic E-state index is 12.5. The van der Waals surface area contributed by atoms with Gasteiger partial charge in [-0.1, -0.05) is 50.6 Å². The molecule has 1 heterocycles. The number of hydrogen-bond donors (Lipinski definition) is 1. The van der Waals surface area contributed by atoms with Crippen molar-refractivity contribution < 1.29 is 4.79 Å². The third-order valence-electron chi connectivity index (χ3n) is 3.55. The Morgan fingerprint density at radius 1 is 1.35 bits per heavy atom. The Kier molecular flexibility index (Phi) is 5.30. The number of benzene rings is 1. The standard InChI is InChI=1S/C16H20N2OS/c1-3-12(2)15(13-7-5-4-6-8-13)16(19)18-11-14-17-9-10-20-14/h4-10,12,15H,3,11H2,1-2H3,(H,18,19)/t12-,15+/m0/s1. The number of thiazole rings is 1. The van der Waals surface area contributed by atoms with Crippen molar-refractivity contribution in [2.45, 2.75) is 32.7 Å². The maximum Gasteiger partial charge on any atom is 0.228 e. The van der Waals surface area contributed by atoms with Crippen LogP contribution in [0.2, 0.25) is 0 Å². The van der Waals surface area contributed by atoms with Crippen LogP contribution < -0.4 is 5.32 Å². The van der Waals surface area contributed by atoms with Crippen molar-refractivity contribution in [2.75, 3.05) is 0 Å². The summed E-state index contributed by atoms with van der Waals surface area (Å²) >= 11 is 1.56. The summed E-state index contributed by atoms with van der Waals surface area (Å²) in [7, 11) is 0. The normalized spacial score (nSPS) is 13.7. The molecule has 0 bridgehead atoms. The van der Waals surface area contributed by atoms with Crippen molar-refractivity contribution in [3.05, 3.63) is 52.5 Å². The first kappa shape index (κ1) is 14.7. The zero-order valence-electron chi connectivity index (χ0n) is 11.9. The van der Waals surface area contributed by atoms with Gasteiger partial charge in [-0.2, -0.15) is 0 Å². The molecule has 0 saturated carbocycles. The minimum Gasteiger partial charge on any atom is -0.349 e. The van der Waals surface area contributed by atoms with Crippen LogP contribution in [0, 0.1) is 5.92 Å². The Morgan fingerprint density at radius 2 is 2.10 bits per heavy atom. The van der Waals surface area contributed by atoms with Crippen LogP contribution in [0.3, 0.4) is 0 Å². The van der Waals surface area contributed by atoms with Crippen LogP contribution >= 0.6 is 11.3 Å². The lowest BCUT2D eigenvalue weighted by atomic mass is 9.85. The van der Waals surface area contributed by atoms with E-state index in [1.165, 1.54) is 0 Å². The summed E-state index contributed by atoms with van der Waals surface area (Å²) in [6.45, 7) is 4.76. The lowest BCUT2D eigenvalue weighted by Crippen LogP contribution is -2.32. The summed E-state index contributed by atoms with van der Waals surface area (Å²) < 4.78 is 0. The molecule has 0 aliphatic heterocycles. The van der Waals surface area contributed by atoms with Crippen LogP contribution in [0.5, 0.6) is 0 Å². The highest BCUT2D eigenvalue weighted by Crippen LogP contribution is 2.27. The van der Waals surface area contributed by atoms with E-state index in [0.717, 1.165) is 17.0 Å². The van der Waals surface area contributed by atoms with E-state index >= 15 is 0 Å². The predicted molar refractivity (Wildman–Crippen MR) is 82.6 cm³/mol. The van der Waals surface area contributed by atoms with Gasteiger partial charge in [0.15, 0.2) is 0 Å². The molecule has 0 unspecified atom stereocenters. The highest BCUT2D eigenvalue weighted by atomic mass is 32.1. The summed E-state index contributed by atoms with van der Waals surface area (Å²) in [6.07, 6.45) is 2.74. The first-order valence-electron chi connectivity index (χ1n) is 6.93. The molecule has 1 N–H and O–H groups in total. The van der Waals surface area contributed by atoms with Crippen LogP contribution in [0.4, 0.5) is 0 Å². The first-order valence-corrected chi connectivity index (χ1v) is 7.81. The van der Waals surface area contributed by atoms with Gasteiger partial charge in [-0.25, -0.2) is 4.98 Å². The van der Waals surface area contributed by atoms with Crippen LogP contribution in [0.1, 0.15) is 36.8 Å². The second-order valence-electron chi connectivity index (χ2n) is 4.92. The third-order valence-corrected chi connectivity index (χ3v) is 4.33. The number of hydrogen-bond acceptors (Lipinski definition) is 3. The summed E-state index contributed by atoms with van der Waals surface area (Å²) in [5, 5.41) is 5.87. The number of amides is 1. The lowest BCUT2D eigenvalue weighted by Gasteiger charge is -2.22. The van der Waals surface area contributed by atoms with E-state index in [2.05, 4.69) is 24.1 Å². The minimum absolute atomic E-state index is 0.0840. The van der Waals surface area contributed by atoms with Gasteiger partial charge in [0.2, 0.25) is 5.91 Å². The van der Waals surface area contributed by atoms with Crippen molar-refractivity contribution in [3.8, 4) is 0 Å². The molecule has 1 aromatic heterocycles. The number of carbonyl (C=O) groups is 1. The average molecular weight is 288 g/mol. The van der Waals surface area contributed by atoms with E-state index in [1.807, 2.05) is 35.7 Å². The average Bonchev–Trinajstić information content (AvgIpc) is 2.99. The van der Waals surface area contributed by atoms with E-state index in [-0.39, 0.29) is 11.8 Å². The molecule has 0 aliphatic rings. The van der Waals surface area contributed by atoms with Crippen LogP contribution in [0.15, 0.2) is 41.9 Å². The molecule has 0 spiro atoms. The number of carbonyl (C=O) groups excluding carboxylic acids is 1. The molecule has 20 heavy (non-hydrogen) atoms. The summed E-state index contributed by atoms with van der Waals surface area (Å²) in [4.78, 5) is 16.7. The van der Waals surface area contributed by atoms with Crippen LogP contribution in [-0.2, 0) is 11.3 Å². The van der Waals surface area contributed by atoms with E-state index < -0.39 is 0 Å². The second-order valence-corrected chi connectivity index (χ2v) is 5.90. The topological polar surface area (TPSA) is 42.0 Å². The molecule has 0 aliphatic carbocycles. The summed E-state index contributed by atoms with van der Waals surface area (Å²) in [6, 6.07) is 10.0. The largest absolute Gasteiger partial charge is 0.349 e. The van der Waals surface area contributed by atoms with Gasteiger partial charge in [-0.3, -0.25) is 4.79 Å². The van der Waals surface area contributed by atoms with E-state index in [0.29, 0.717) is 12.5 Å². The number of rotatable bonds is 6. The zero-order chi connectivity index (χ0) is 14.4. The molecule has 1 aromatic carbocycles. The molecule has 2 aromatic rings. The fraction of sp³-hybridized carbons (Fsp3) is 0.375. The van der Waals surface area contributed by atoms with E-state index in [1.54, 1.807) is 17.5 Å². The smallest absolute Gasteiger partial charge is 0.228 e. The van der Waals surface area contributed by atoms with Crippen molar-refractivity contribution in [2.24, 2.45) is 5.92 Å². The van der Waals surface area contributed by atoms with Gasteiger partial charge >= 0.3 is 0 Å². The van der Waals surface area contributed by atoms with Crippen molar-refractivity contribution >= 4 is 17.2 Å². The molecular weight excluding hydrogens is 268 g/mol. The number of nitrogens with zero attached hydrogens (tertiary/aromatic N) is 1. The fourth-order valence-corrected chi connectivity index (χ4v) is 2.80. The Bertz CT molecular complexity index is 525. The van der Waals surface area contributed by atoms with Gasteiger partial charge in [0.1, 0.15) is 5.01 Å². The van der Waals surface area contributed by atoms with Crippen molar-refractivity contribution in [3.63, 3.8) is 0 Å². The molecule has 2 atom stereocenters. The van der Waals surface area contributed by atoms with Gasteiger partial charge in [-0.15, -0.1) is 11.3 Å². The Labute approximate surface area is 124 Å². The highest BCUT2D eigenvalue weighted by molar-refractivity contribution is 7.09. The fourth-order valence-electron chi connectivity index (χ4n) is 2.25. The molecule has 4 heteroatoms. The van der Waals surface area contributed by atoms with Crippen molar-refractivity contribution in [1.29, 1.82) is 0 Å².